The smallest absolute Gasteiger partial charge is 0.137 e. The van der Waals surface area contributed by atoms with E-state index in [1.54, 1.807) is 18.7 Å². The molecule has 96 valence electrons. The zero-order valence-electron chi connectivity index (χ0n) is 10.5. The number of aromatic nitrogens is 5. The molecular formula is C13H14N6. The summed E-state index contributed by atoms with van der Waals surface area (Å²) in [6.07, 6.45) is 8.95. The summed E-state index contributed by atoms with van der Waals surface area (Å²) < 4.78 is 1.86. The van der Waals surface area contributed by atoms with Crippen LogP contribution in [0.5, 0.6) is 0 Å². The number of rotatable bonds is 4. The number of nitrogens with zero attached hydrogens (tertiary/aromatic N) is 4. The molecule has 0 atom stereocenters. The maximum absolute atomic E-state index is 4.37. The summed E-state index contributed by atoms with van der Waals surface area (Å²) in [5.74, 6) is 1.77. The van der Waals surface area contributed by atoms with Gasteiger partial charge in [-0.25, -0.2) is 15.0 Å². The molecule has 6 nitrogen and oxygen atoms in total. The highest BCUT2D eigenvalue weighted by molar-refractivity contribution is 5.43. The van der Waals surface area contributed by atoms with E-state index in [9.17, 15) is 0 Å². The highest BCUT2D eigenvalue weighted by atomic mass is 15.1. The lowest BCUT2D eigenvalue weighted by molar-refractivity contribution is 0.988. The first-order chi connectivity index (χ1) is 9.31. The second-order valence-electron chi connectivity index (χ2n) is 4.22. The Morgan fingerprint density at radius 1 is 1.26 bits per heavy atom. The lowest BCUT2D eigenvalue weighted by Crippen LogP contribution is -2.01. The molecular weight excluding hydrogens is 240 g/mol. The van der Waals surface area contributed by atoms with E-state index in [0.29, 0.717) is 6.54 Å². The zero-order valence-corrected chi connectivity index (χ0v) is 10.5. The number of hydrogen-bond acceptors (Lipinski definition) is 4. The molecule has 3 rings (SSSR count). The highest BCUT2D eigenvalue weighted by Crippen LogP contribution is 2.10. The second-order valence-corrected chi connectivity index (χ2v) is 4.22. The molecule has 3 aromatic heterocycles. The Balaban J connectivity index is 1.66. The van der Waals surface area contributed by atoms with Gasteiger partial charge in [0.2, 0.25) is 0 Å². The van der Waals surface area contributed by atoms with Crippen LogP contribution in [-0.2, 0) is 6.54 Å². The molecule has 0 aliphatic heterocycles. The van der Waals surface area contributed by atoms with Gasteiger partial charge in [-0.05, 0) is 19.1 Å². The van der Waals surface area contributed by atoms with E-state index in [4.69, 9.17) is 0 Å². The van der Waals surface area contributed by atoms with Gasteiger partial charge in [-0.2, -0.15) is 0 Å². The van der Waals surface area contributed by atoms with Crippen molar-refractivity contribution in [1.82, 2.24) is 24.5 Å². The Hall–Kier alpha value is -2.63. The summed E-state index contributed by atoms with van der Waals surface area (Å²) in [5.41, 5.74) is 2.02. The van der Waals surface area contributed by atoms with E-state index >= 15 is 0 Å². The number of pyridine rings is 1. The van der Waals surface area contributed by atoms with Gasteiger partial charge in [0, 0.05) is 12.4 Å². The first-order valence-corrected chi connectivity index (χ1v) is 6.00. The minimum Gasteiger partial charge on any atom is -0.378 e. The van der Waals surface area contributed by atoms with Gasteiger partial charge in [-0.1, -0.05) is 0 Å². The van der Waals surface area contributed by atoms with Crippen LogP contribution in [0.2, 0.25) is 0 Å². The van der Waals surface area contributed by atoms with Crippen molar-refractivity contribution in [3.8, 4) is 5.82 Å². The molecule has 6 heteroatoms. The average Bonchev–Trinajstić information content (AvgIpc) is 3.08. The van der Waals surface area contributed by atoms with Gasteiger partial charge < -0.3 is 10.3 Å². The van der Waals surface area contributed by atoms with Crippen molar-refractivity contribution in [2.24, 2.45) is 0 Å². The maximum atomic E-state index is 4.37. The third-order valence-corrected chi connectivity index (χ3v) is 2.76. The molecule has 0 saturated heterocycles. The number of hydrogen-bond donors (Lipinski definition) is 2. The fourth-order valence-electron chi connectivity index (χ4n) is 1.80. The third-order valence-electron chi connectivity index (χ3n) is 2.76. The monoisotopic (exact) mass is 254 g/mol. The molecule has 0 saturated carbocycles. The van der Waals surface area contributed by atoms with Gasteiger partial charge in [0.15, 0.2) is 0 Å². The Labute approximate surface area is 110 Å². The van der Waals surface area contributed by atoms with Crippen LogP contribution in [-0.4, -0.2) is 24.5 Å². The quantitative estimate of drug-likeness (QED) is 0.746. The van der Waals surface area contributed by atoms with E-state index in [0.717, 1.165) is 23.0 Å². The normalized spacial score (nSPS) is 10.6. The summed E-state index contributed by atoms with van der Waals surface area (Å²) in [6, 6.07) is 3.94. The standard InChI is InChI=1S/C13H14N6/c1-10-15-7-12(18-10)8-16-11-2-3-13(17-6-11)19-5-4-14-9-19/h2-7,9,16H,8H2,1H3,(H,15,18). The van der Waals surface area contributed by atoms with Crippen molar-refractivity contribution < 1.29 is 0 Å². The molecule has 3 aromatic rings. The summed E-state index contributed by atoms with van der Waals surface area (Å²) >= 11 is 0. The van der Waals surface area contributed by atoms with Crippen LogP contribution in [0.15, 0.2) is 43.2 Å². The van der Waals surface area contributed by atoms with Gasteiger partial charge in [-0.3, -0.25) is 4.57 Å². The number of nitrogens with one attached hydrogen (secondary N) is 2. The van der Waals surface area contributed by atoms with E-state index in [-0.39, 0.29) is 0 Å². The van der Waals surface area contributed by atoms with E-state index in [2.05, 4.69) is 25.3 Å². The van der Waals surface area contributed by atoms with Crippen molar-refractivity contribution in [3.05, 3.63) is 54.8 Å². The molecule has 0 unspecified atom stereocenters. The number of H-pyrrole nitrogens is 1. The van der Waals surface area contributed by atoms with Crippen molar-refractivity contribution >= 4 is 5.69 Å². The predicted octanol–water partition coefficient (Wildman–Crippen LogP) is 1.91. The van der Waals surface area contributed by atoms with Crippen LogP contribution in [0, 0.1) is 6.92 Å². The molecule has 0 spiro atoms. The summed E-state index contributed by atoms with van der Waals surface area (Å²) in [6.45, 7) is 2.64. The number of aryl methyl sites for hydroxylation is 1. The molecule has 0 amide bonds. The summed E-state index contributed by atoms with van der Waals surface area (Å²) in [4.78, 5) is 15.7. The first-order valence-electron chi connectivity index (χ1n) is 6.00. The minimum absolute atomic E-state index is 0.701. The maximum Gasteiger partial charge on any atom is 0.137 e. The van der Waals surface area contributed by atoms with Crippen LogP contribution >= 0.6 is 0 Å². The lowest BCUT2D eigenvalue weighted by atomic mass is 10.3. The molecule has 2 N–H and O–H groups in total. The van der Waals surface area contributed by atoms with Crippen molar-refractivity contribution in [2.45, 2.75) is 13.5 Å². The minimum atomic E-state index is 0.701. The Morgan fingerprint density at radius 2 is 2.21 bits per heavy atom. The van der Waals surface area contributed by atoms with Gasteiger partial charge in [0.05, 0.1) is 30.3 Å². The first kappa shape index (κ1) is 11.5. The molecule has 0 aliphatic rings. The Kier molecular flexibility index (Phi) is 2.97. The van der Waals surface area contributed by atoms with Crippen LogP contribution in [0.1, 0.15) is 11.5 Å². The number of imidazole rings is 2. The van der Waals surface area contributed by atoms with Crippen LogP contribution in [0.3, 0.4) is 0 Å². The average molecular weight is 254 g/mol. The van der Waals surface area contributed by atoms with Crippen molar-refractivity contribution in [3.63, 3.8) is 0 Å². The largest absolute Gasteiger partial charge is 0.378 e. The van der Waals surface area contributed by atoms with Gasteiger partial charge >= 0.3 is 0 Å². The topological polar surface area (TPSA) is 71.4 Å². The number of anilines is 1. The zero-order chi connectivity index (χ0) is 13.1. The molecule has 3 heterocycles. The van der Waals surface area contributed by atoms with Gasteiger partial charge in [0.25, 0.3) is 0 Å². The third kappa shape index (κ3) is 2.62. The Morgan fingerprint density at radius 3 is 2.84 bits per heavy atom. The van der Waals surface area contributed by atoms with E-state index in [1.807, 2.05) is 36.0 Å². The fraction of sp³-hybridized carbons (Fsp3) is 0.154. The molecule has 19 heavy (non-hydrogen) atoms. The Bertz CT molecular complexity index is 638. The second kappa shape index (κ2) is 4.93. The van der Waals surface area contributed by atoms with Gasteiger partial charge in [0.1, 0.15) is 18.0 Å². The summed E-state index contributed by atoms with van der Waals surface area (Å²) in [5, 5.41) is 3.29. The SMILES string of the molecule is Cc1ncc(CNc2ccc(-n3ccnc3)nc2)[nH]1. The van der Waals surface area contributed by atoms with E-state index in [1.165, 1.54) is 0 Å². The molecule has 0 bridgehead atoms. The highest BCUT2D eigenvalue weighted by Gasteiger charge is 1.99. The molecule has 0 fully saturated rings. The fourth-order valence-corrected chi connectivity index (χ4v) is 1.80. The summed E-state index contributed by atoms with van der Waals surface area (Å²) in [7, 11) is 0. The molecule has 0 aliphatic carbocycles. The van der Waals surface area contributed by atoms with E-state index < -0.39 is 0 Å². The van der Waals surface area contributed by atoms with Gasteiger partial charge in [-0.15, -0.1) is 0 Å². The van der Waals surface area contributed by atoms with Crippen LogP contribution in [0.25, 0.3) is 5.82 Å². The van der Waals surface area contributed by atoms with Crippen molar-refractivity contribution in [2.75, 3.05) is 5.32 Å². The predicted molar refractivity (Wildman–Crippen MR) is 72.0 cm³/mol. The number of aromatic amines is 1. The molecule has 0 radical (unpaired) electrons. The van der Waals surface area contributed by atoms with Crippen molar-refractivity contribution in [1.29, 1.82) is 0 Å². The lowest BCUT2D eigenvalue weighted by Gasteiger charge is -2.06. The van der Waals surface area contributed by atoms with Crippen LogP contribution < -0.4 is 5.32 Å². The molecule has 0 aromatic carbocycles. The van der Waals surface area contributed by atoms with Crippen LogP contribution in [0.4, 0.5) is 5.69 Å².